The number of ether oxygens (including phenoxy) is 3. The monoisotopic (exact) mass is 396 g/mol. The van der Waals surface area contributed by atoms with Crippen molar-refractivity contribution in [1.29, 1.82) is 0 Å². The van der Waals surface area contributed by atoms with Gasteiger partial charge >= 0.3 is 12.1 Å². The van der Waals surface area contributed by atoms with Gasteiger partial charge in [-0.2, -0.15) is 13.2 Å². The van der Waals surface area contributed by atoms with E-state index in [2.05, 4.69) is 16.8 Å². The number of alkyl halides is 3. The molecule has 2 aromatic rings. The minimum absolute atomic E-state index is 0.114. The standard InChI is InChI=1S/C19H19F3N2O4/c1-5-26-12(4)16-10-15(18(25)27-11(2)3)17(24-23-16)28-14-8-6-7-13(9-14)19(20,21)22/h6-11H,4-5H2,1-3H3. The van der Waals surface area contributed by atoms with Gasteiger partial charge in [0.2, 0.25) is 0 Å². The van der Waals surface area contributed by atoms with Crippen LogP contribution in [0, 0.1) is 0 Å². The zero-order valence-electron chi connectivity index (χ0n) is 15.5. The van der Waals surface area contributed by atoms with Crippen LogP contribution in [0.25, 0.3) is 5.76 Å². The van der Waals surface area contributed by atoms with Crippen molar-refractivity contribution in [3.05, 3.63) is 53.7 Å². The summed E-state index contributed by atoms with van der Waals surface area (Å²) in [6.45, 7) is 9.07. The average Bonchev–Trinajstić information content (AvgIpc) is 2.61. The van der Waals surface area contributed by atoms with Gasteiger partial charge in [-0.05, 0) is 45.0 Å². The van der Waals surface area contributed by atoms with Crippen molar-refractivity contribution in [3.63, 3.8) is 0 Å². The summed E-state index contributed by atoms with van der Waals surface area (Å²) in [5.74, 6) is -1.03. The maximum atomic E-state index is 12.9. The second-order valence-corrected chi connectivity index (χ2v) is 5.89. The minimum atomic E-state index is -4.54. The second-order valence-electron chi connectivity index (χ2n) is 5.89. The number of carbonyl (C=O) groups excluding carboxylic acids is 1. The van der Waals surface area contributed by atoms with E-state index in [4.69, 9.17) is 14.2 Å². The quantitative estimate of drug-likeness (QED) is 0.492. The lowest BCUT2D eigenvalue weighted by molar-refractivity contribution is -0.137. The predicted octanol–water partition coefficient (Wildman–Crippen LogP) is 4.86. The normalized spacial score (nSPS) is 11.2. The first kappa shape index (κ1) is 21.2. The van der Waals surface area contributed by atoms with Gasteiger partial charge < -0.3 is 14.2 Å². The van der Waals surface area contributed by atoms with Crippen LogP contribution in [0.5, 0.6) is 11.6 Å². The van der Waals surface area contributed by atoms with Crippen molar-refractivity contribution >= 4 is 11.7 Å². The van der Waals surface area contributed by atoms with Crippen LogP contribution in [-0.4, -0.2) is 28.9 Å². The third-order valence-electron chi connectivity index (χ3n) is 3.30. The lowest BCUT2D eigenvalue weighted by Crippen LogP contribution is -2.14. The highest BCUT2D eigenvalue weighted by Crippen LogP contribution is 2.33. The molecular formula is C19H19F3N2O4. The molecule has 0 unspecified atom stereocenters. The number of nitrogens with zero attached hydrogens (tertiary/aromatic N) is 2. The Hall–Kier alpha value is -3.10. The highest BCUT2D eigenvalue weighted by atomic mass is 19.4. The number of esters is 1. The van der Waals surface area contributed by atoms with Gasteiger partial charge in [-0.3, -0.25) is 0 Å². The molecule has 0 spiro atoms. The van der Waals surface area contributed by atoms with E-state index in [-0.39, 0.29) is 28.6 Å². The van der Waals surface area contributed by atoms with Crippen LogP contribution in [0.2, 0.25) is 0 Å². The van der Waals surface area contributed by atoms with Gasteiger partial charge in [-0.25, -0.2) is 4.79 Å². The van der Waals surface area contributed by atoms with Crippen molar-refractivity contribution in [1.82, 2.24) is 10.2 Å². The van der Waals surface area contributed by atoms with E-state index in [0.717, 1.165) is 12.1 Å². The molecule has 0 N–H and O–H groups in total. The SMILES string of the molecule is C=C(OCC)c1cc(C(=O)OC(C)C)c(Oc2cccc(C(F)(F)F)c2)nn1. The zero-order valence-corrected chi connectivity index (χ0v) is 15.5. The van der Waals surface area contributed by atoms with Gasteiger partial charge in [0.15, 0.2) is 0 Å². The number of halogens is 3. The van der Waals surface area contributed by atoms with E-state index < -0.39 is 23.8 Å². The van der Waals surface area contributed by atoms with Crippen molar-refractivity contribution in [2.75, 3.05) is 6.61 Å². The van der Waals surface area contributed by atoms with Gasteiger partial charge in [0.1, 0.15) is 22.8 Å². The molecular weight excluding hydrogens is 377 g/mol. The Morgan fingerprint density at radius 1 is 1.21 bits per heavy atom. The number of rotatable bonds is 7. The van der Waals surface area contributed by atoms with Crippen molar-refractivity contribution in [3.8, 4) is 11.6 Å². The Labute approximate surface area is 159 Å². The Balaban J connectivity index is 2.42. The second kappa shape index (κ2) is 8.73. The summed E-state index contributed by atoms with van der Waals surface area (Å²) in [5.41, 5.74) is -0.837. The zero-order chi connectivity index (χ0) is 20.9. The Morgan fingerprint density at radius 3 is 2.54 bits per heavy atom. The molecule has 0 aliphatic heterocycles. The van der Waals surface area contributed by atoms with E-state index in [1.54, 1.807) is 20.8 Å². The number of carbonyl (C=O) groups is 1. The van der Waals surface area contributed by atoms with Gasteiger partial charge in [-0.1, -0.05) is 12.6 Å². The summed E-state index contributed by atoms with van der Waals surface area (Å²) >= 11 is 0. The number of benzene rings is 1. The first-order chi connectivity index (χ1) is 13.1. The van der Waals surface area contributed by atoms with E-state index in [1.165, 1.54) is 18.2 Å². The average molecular weight is 396 g/mol. The molecule has 1 aromatic heterocycles. The molecule has 28 heavy (non-hydrogen) atoms. The molecule has 0 amide bonds. The van der Waals surface area contributed by atoms with E-state index in [1.807, 2.05) is 0 Å². The Kier molecular flexibility index (Phi) is 6.61. The topological polar surface area (TPSA) is 70.5 Å². The lowest BCUT2D eigenvalue weighted by Gasteiger charge is -2.14. The van der Waals surface area contributed by atoms with E-state index in [9.17, 15) is 18.0 Å². The first-order valence-electron chi connectivity index (χ1n) is 8.37. The molecule has 0 radical (unpaired) electrons. The summed E-state index contributed by atoms with van der Waals surface area (Å²) in [7, 11) is 0. The largest absolute Gasteiger partial charge is 0.492 e. The van der Waals surface area contributed by atoms with Gasteiger partial charge in [-0.15, -0.1) is 10.2 Å². The first-order valence-corrected chi connectivity index (χ1v) is 8.37. The minimum Gasteiger partial charge on any atom is -0.492 e. The van der Waals surface area contributed by atoms with Gasteiger partial charge in [0.25, 0.3) is 5.88 Å². The molecule has 150 valence electrons. The van der Waals surface area contributed by atoms with Crippen LogP contribution in [-0.2, 0) is 15.7 Å². The molecule has 0 aliphatic rings. The molecule has 2 rings (SSSR count). The summed E-state index contributed by atoms with van der Waals surface area (Å²) < 4.78 is 54.5. The molecule has 1 aromatic carbocycles. The molecule has 0 bridgehead atoms. The van der Waals surface area contributed by atoms with Crippen LogP contribution in [0.3, 0.4) is 0 Å². The lowest BCUT2D eigenvalue weighted by atomic mass is 10.2. The van der Waals surface area contributed by atoms with Crippen LogP contribution < -0.4 is 4.74 Å². The smallest absolute Gasteiger partial charge is 0.416 e. The highest BCUT2D eigenvalue weighted by Gasteiger charge is 2.31. The fraction of sp³-hybridized carbons (Fsp3) is 0.316. The molecule has 0 fully saturated rings. The van der Waals surface area contributed by atoms with Gasteiger partial charge in [0, 0.05) is 0 Å². The third kappa shape index (κ3) is 5.45. The van der Waals surface area contributed by atoms with Crippen LogP contribution in [0.15, 0.2) is 36.9 Å². The number of hydrogen-bond acceptors (Lipinski definition) is 6. The van der Waals surface area contributed by atoms with Crippen LogP contribution in [0.4, 0.5) is 13.2 Å². The molecule has 6 nitrogen and oxygen atoms in total. The van der Waals surface area contributed by atoms with Gasteiger partial charge in [0.05, 0.1) is 18.3 Å². The molecule has 0 atom stereocenters. The van der Waals surface area contributed by atoms with Crippen molar-refractivity contribution < 1.29 is 32.2 Å². The number of hydrogen-bond donors (Lipinski definition) is 0. The predicted molar refractivity (Wildman–Crippen MR) is 94.8 cm³/mol. The Bertz CT molecular complexity index is 866. The molecule has 0 saturated heterocycles. The van der Waals surface area contributed by atoms with E-state index >= 15 is 0 Å². The van der Waals surface area contributed by atoms with Crippen molar-refractivity contribution in [2.24, 2.45) is 0 Å². The van der Waals surface area contributed by atoms with E-state index in [0.29, 0.717) is 6.61 Å². The molecule has 0 aliphatic carbocycles. The number of aromatic nitrogens is 2. The van der Waals surface area contributed by atoms with Crippen molar-refractivity contribution in [2.45, 2.75) is 33.1 Å². The fourth-order valence-electron chi connectivity index (χ4n) is 2.11. The molecule has 9 heteroatoms. The maximum Gasteiger partial charge on any atom is 0.416 e. The summed E-state index contributed by atoms with van der Waals surface area (Å²) in [6, 6.07) is 5.50. The maximum absolute atomic E-state index is 12.9. The van der Waals surface area contributed by atoms with Crippen LogP contribution in [0.1, 0.15) is 42.4 Å². The molecule has 0 saturated carbocycles. The molecule has 1 heterocycles. The Morgan fingerprint density at radius 2 is 1.93 bits per heavy atom. The summed E-state index contributed by atoms with van der Waals surface area (Å²) in [6.07, 6.45) is -4.97. The summed E-state index contributed by atoms with van der Waals surface area (Å²) in [5, 5.41) is 7.66. The summed E-state index contributed by atoms with van der Waals surface area (Å²) in [4.78, 5) is 12.4. The fourth-order valence-corrected chi connectivity index (χ4v) is 2.11. The highest BCUT2D eigenvalue weighted by molar-refractivity contribution is 5.92. The third-order valence-corrected chi connectivity index (χ3v) is 3.30. The van der Waals surface area contributed by atoms with Crippen LogP contribution >= 0.6 is 0 Å².